The lowest BCUT2D eigenvalue weighted by molar-refractivity contribution is -0.182. The summed E-state index contributed by atoms with van der Waals surface area (Å²) in [5.41, 5.74) is 8.50. The van der Waals surface area contributed by atoms with Gasteiger partial charge in [0.05, 0.1) is 31.8 Å². The smallest absolute Gasteiger partial charge is 0.168 e. The predicted octanol–water partition coefficient (Wildman–Crippen LogP) is 5.21. The van der Waals surface area contributed by atoms with Gasteiger partial charge in [0.1, 0.15) is 0 Å². The van der Waals surface area contributed by atoms with E-state index in [0.717, 1.165) is 61.3 Å². The predicted molar refractivity (Wildman–Crippen MR) is 128 cm³/mol. The van der Waals surface area contributed by atoms with E-state index in [0.29, 0.717) is 13.2 Å². The van der Waals surface area contributed by atoms with Crippen LogP contribution in [-0.2, 0) is 14.9 Å². The fraction of sp³-hybridized carbons (Fsp3) is 0.500. The van der Waals surface area contributed by atoms with Gasteiger partial charge in [-0.2, -0.15) is 0 Å². The quantitative estimate of drug-likeness (QED) is 0.515. The lowest BCUT2D eigenvalue weighted by atomic mass is 9.68. The number of ether oxygens (including phenoxy) is 4. The molecule has 5 nitrogen and oxygen atoms in total. The minimum absolute atomic E-state index is 0.262. The molecule has 1 heterocycles. The van der Waals surface area contributed by atoms with Crippen molar-refractivity contribution < 1.29 is 18.9 Å². The zero-order valence-corrected chi connectivity index (χ0v) is 19.4. The van der Waals surface area contributed by atoms with E-state index in [2.05, 4.69) is 24.0 Å². The fourth-order valence-electron chi connectivity index (χ4n) is 5.39. The third-order valence-electron chi connectivity index (χ3n) is 7.32. The van der Waals surface area contributed by atoms with Crippen molar-refractivity contribution >= 4 is 5.69 Å². The van der Waals surface area contributed by atoms with Crippen molar-refractivity contribution in [3.8, 4) is 23.3 Å². The summed E-state index contributed by atoms with van der Waals surface area (Å²) in [6, 6.07) is 14.1. The number of hydrogen-bond acceptors (Lipinski definition) is 5. The molecular weight excluding hydrogens is 414 g/mol. The largest absolute Gasteiger partial charge is 0.493 e. The number of nitrogens with two attached hydrogens (primary N) is 1. The summed E-state index contributed by atoms with van der Waals surface area (Å²) in [6.45, 7) is 1.34. The standard InChI is InChI=1S/C28H33NO4/c1-30-25-10-9-22(20-26(25)33-24-7-2-3-8-24)27(12-11-21-5-4-6-23(29)19-21)13-15-28(16-14-27)31-17-18-32-28/h4-6,9-10,19-20,24H,2-3,7-8,13-18,29H2,1H3. The van der Waals surface area contributed by atoms with Gasteiger partial charge in [-0.25, -0.2) is 0 Å². The lowest BCUT2D eigenvalue weighted by Gasteiger charge is -2.41. The van der Waals surface area contributed by atoms with Crippen LogP contribution in [0.25, 0.3) is 0 Å². The fourth-order valence-corrected chi connectivity index (χ4v) is 5.39. The number of nitrogen functional groups attached to an aromatic ring is 1. The van der Waals surface area contributed by atoms with Crippen LogP contribution < -0.4 is 15.2 Å². The SMILES string of the molecule is COc1ccc(C2(C#Cc3cccc(N)c3)CCC3(CC2)OCCO3)cc1OC1CCCC1. The molecule has 5 heteroatoms. The van der Waals surface area contributed by atoms with Gasteiger partial charge in [-0.1, -0.05) is 24.0 Å². The molecule has 33 heavy (non-hydrogen) atoms. The maximum Gasteiger partial charge on any atom is 0.168 e. The van der Waals surface area contributed by atoms with E-state index in [1.165, 1.54) is 18.4 Å². The first-order valence-electron chi connectivity index (χ1n) is 12.1. The van der Waals surface area contributed by atoms with Gasteiger partial charge < -0.3 is 24.7 Å². The second-order valence-corrected chi connectivity index (χ2v) is 9.46. The van der Waals surface area contributed by atoms with Crippen molar-refractivity contribution in [2.45, 2.75) is 68.7 Å². The molecule has 1 aliphatic heterocycles. The minimum atomic E-state index is -0.446. The Morgan fingerprint density at radius 2 is 1.70 bits per heavy atom. The third-order valence-corrected chi connectivity index (χ3v) is 7.32. The van der Waals surface area contributed by atoms with Crippen LogP contribution in [-0.4, -0.2) is 32.2 Å². The Balaban J connectivity index is 1.50. The van der Waals surface area contributed by atoms with Gasteiger partial charge in [-0.05, 0) is 74.4 Å². The van der Waals surface area contributed by atoms with E-state index < -0.39 is 5.79 Å². The van der Waals surface area contributed by atoms with Crippen LogP contribution in [0.3, 0.4) is 0 Å². The van der Waals surface area contributed by atoms with E-state index in [1.807, 2.05) is 30.3 Å². The minimum Gasteiger partial charge on any atom is -0.493 e. The Morgan fingerprint density at radius 1 is 0.939 bits per heavy atom. The van der Waals surface area contributed by atoms with Crippen LogP contribution in [0.5, 0.6) is 11.5 Å². The molecule has 1 spiro atoms. The number of benzene rings is 2. The molecule has 2 N–H and O–H groups in total. The first kappa shape index (κ1) is 22.1. The Bertz CT molecular complexity index is 1030. The topological polar surface area (TPSA) is 62.9 Å². The molecule has 2 aromatic rings. The zero-order valence-electron chi connectivity index (χ0n) is 19.4. The maximum atomic E-state index is 6.41. The first-order valence-corrected chi connectivity index (χ1v) is 12.1. The molecule has 3 aliphatic rings. The Hall–Kier alpha value is -2.68. The van der Waals surface area contributed by atoms with Gasteiger partial charge >= 0.3 is 0 Å². The Labute approximate surface area is 196 Å². The van der Waals surface area contributed by atoms with E-state index in [9.17, 15) is 0 Å². The number of anilines is 1. The first-order chi connectivity index (χ1) is 16.1. The average molecular weight is 448 g/mol. The van der Waals surface area contributed by atoms with Crippen molar-refractivity contribution in [3.63, 3.8) is 0 Å². The highest BCUT2D eigenvalue weighted by molar-refractivity contribution is 5.52. The van der Waals surface area contributed by atoms with Crippen LogP contribution >= 0.6 is 0 Å². The van der Waals surface area contributed by atoms with E-state index >= 15 is 0 Å². The Kier molecular flexibility index (Phi) is 6.23. The van der Waals surface area contributed by atoms with Gasteiger partial charge in [0, 0.05) is 24.1 Å². The number of rotatable bonds is 4. The van der Waals surface area contributed by atoms with Crippen LogP contribution in [0, 0.1) is 11.8 Å². The average Bonchev–Trinajstić information content (AvgIpc) is 3.52. The summed E-state index contributed by atoms with van der Waals surface area (Å²) in [7, 11) is 1.70. The molecule has 5 rings (SSSR count). The summed E-state index contributed by atoms with van der Waals surface area (Å²) < 4.78 is 24.1. The highest BCUT2D eigenvalue weighted by Gasteiger charge is 2.46. The molecule has 2 aromatic carbocycles. The molecule has 0 radical (unpaired) electrons. The van der Waals surface area contributed by atoms with Crippen LogP contribution in [0.4, 0.5) is 5.69 Å². The molecule has 2 saturated carbocycles. The van der Waals surface area contributed by atoms with Gasteiger partial charge in [0.25, 0.3) is 0 Å². The normalized spacial score (nSPS) is 21.5. The summed E-state index contributed by atoms with van der Waals surface area (Å²) in [4.78, 5) is 0. The van der Waals surface area contributed by atoms with Crippen molar-refractivity contribution in [2.24, 2.45) is 0 Å². The second-order valence-electron chi connectivity index (χ2n) is 9.46. The third kappa shape index (κ3) is 4.69. The second kappa shape index (κ2) is 9.29. The molecule has 3 fully saturated rings. The van der Waals surface area contributed by atoms with Gasteiger partial charge in [0.15, 0.2) is 17.3 Å². The summed E-state index contributed by atoms with van der Waals surface area (Å²) in [5.74, 6) is 8.21. The van der Waals surface area contributed by atoms with Crippen LogP contribution in [0.2, 0.25) is 0 Å². The summed E-state index contributed by atoms with van der Waals surface area (Å²) >= 11 is 0. The molecule has 0 unspecified atom stereocenters. The maximum absolute atomic E-state index is 6.41. The summed E-state index contributed by atoms with van der Waals surface area (Å²) in [5, 5.41) is 0. The van der Waals surface area contributed by atoms with E-state index in [1.54, 1.807) is 7.11 Å². The van der Waals surface area contributed by atoms with Gasteiger partial charge in [-0.3, -0.25) is 0 Å². The van der Waals surface area contributed by atoms with E-state index in [4.69, 9.17) is 24.7 Å². The van der Waals surface area contributed by atoms with Crippen molar-refractivity contribution in [2.75, 3.05) is 26.1 Å². The highest BCUT2D eigenvalue weighted by Crippen LogP contribution is 2.48. The number of methoxy groups -OCH3 is 1. The number of hydrogen-bond donors (Lipinski definition) is 1. The Morgan fingerprint density at radius 3 is 2.39 bits per heavy atom. The van der Waals surface area contributed by atoms with Gasteiger partial charge in [-0.15, -0.1) is 0 Å². The van der Waals surface area contributed by atoms with Crippen molar-refractivity contribution in [1.82, 2.24) is 0 Å². The van der Waals surface area contributed by atoms with Crippen molar-refractivity contribution in [1.29, 1.82) is 0 Å². The molecule has 0 amide bonds. The van der Waals surface area contributed by atoms with Gasteiger partial charge in [0.2, 0.25) is 0 Å². The summed E-state index contributed by atoms with van der Waals surface area (Å²) in [6.07, 6.45) is 8.28. The lowest BCUT2D eigenvalue weighted by Crippen LogP contribution is -2.41. The molecule has 174 valence electrons. The molecular formula is C28H33NO4. The monoisotopic (exact) mass is 447 g/mol. The van der Waals surface area contributed by atoms with Crippen LogP contribution in [0.1, 0.15) is 62.5 Å². The zero-order chi connectivity index (χ0) is 22.7. The highest BCUT2D eigenvalue weighted by atomic mass is 16.7. The van der Waals surface area contributed by atoms with E-state index in [-0.39, 0.29) is 11.5 Å². The molecule has 1 saturated heterocycles. The molecule has 0 aromatic heterocycles. The van der Waals surface area contributed by atoms with Crippen LogP contribution in [0.15, 0.2) is 42.5 Å². The molecule has 2 aliphatic carbocycles. The molecule has 0 atom stereocenters. The molecule has 0 bridgehead atoms. The van der Waals surface area contributed by atoms with Crippen molar-refractivity contribution in [3.05, 3.63) is 53.6 Å².